The molecule has 0 unspecified atom stereocenters. The fourth-order valence-corrected chi connectivity index (χ4v) is 2.12. The summed E-state index contributed by atoms with van der Waals surface area (Å²) >= 11 is 3.32. The average Bonchev–Trinajstić information content (AvgIpc) is 2.41. The molecule has 0 bridgehead atoms. The van der Waals surface area contributed by atoms with E-state index in [9.17, 15) is 14.9 Å². The number of hydrogen-bond donors (Lipinski definition) is 1. The summed E-state index contributed by atoms with van der Waals surface area (Å²) in [5.41, 5.74) is 1.22. The van der Waals surface area contributed by atoms with E-state index in [1.165, 1.54) is 12.1 Å². The van der Waals surface area contributed by atoms with Crippen LogP contribution in [0.15, 0.2) is 46.9 Å². The molecular formula is C14H10BrNO4. The van der Waals surface area contributed by atoms with Crippen molar-refractivity contribution in [2.24, 2.45) is 0 Å². The minimum absolute atomic E-state index is 0.0397. The van der Waals surface area contributed by atoms with E-state index in [-0.39, 0.29) is 11.3 Å². The van der Waals surface area contributed by atoms with E-state index < -0.39 is 10.9 Å². The summed E-state index contributed by atoms with van der Waals surface area (Å²) in [6.07, 6.45) is 0.410. The molecule has 0 spiro atoms. The Labute approximate surface area is 123 Å². The molecule has 5 nitrogen and oxygen atoms in total. The highest BCUT2D eigenvalue weighted by atomic mass is 79.9. The number of aromatic carboxylic acids is 1. The van der Waals surface area contributed by atoms with Crippen molar-refractivity contribution in [3.63, 3.8) is 0 Å². The average molecular weight is 336 g/mol. The molecule has 6 heteroatoms. The van der Waals surface area contributed by atoms with Crippen molar-refractivity contribution in [3.05, 3.63) is 73.7 Å². The normalized spacial score (nSPS) is 10.2. The van der Waals surface area contributed by atoms with Crippen LogP contribution in [0.2, 0.25) is 0 Å². The Morgan fingerprint density at radius 2 is 1.85 bits per heavy atom. The lowest BCUT2D eigenvalue weighted by Gasteiger charge is -2.06. The molecule has 0 heterocycles. The van der Waals surface area contributed by atoms with Crippen LogP contribution < -0.4 is 0 Å². The Balaban J connectivity index is 2.38. The van der Waals surface area contributed by atoms with Gasteiger partial charge in [0.1, 0.15) is 0 Å². The number of carboxylic acid groups (broad SMARTS) is 1. The second kappa shape index (κ2) is 5.83. The molecule has 2 rings (SSSR count). The number of benzene rings is 2. The molecule has 0 aliphatic heterocycles. The van der Waals surface area contributed by atoms with E-state index in [1.807, 2.05) is 24.3 Å². The first-order valence-corrected chi connectivity index (χ1v) is 6.51. The van der Waals surface area contributed by atoms with Gasteiger partial charge in [-0.05, 0) is 29.7 Å². The number of carbonyl (C=O) groups is 1. The van der Waals surface area contributed by atoms with Crippen LogP contribution in [0.3, 0.4) is 0 Å². The summed E-state index contributed by atoms with van der Waals surface area (Å²) in [4.78, 5) is 21.3. The highest BCUT2D eigenvalue weighted by molar-refractivity contribution is 9.10. The van der Waals surface area contributed by atoms with E-state index in [4.69, 9.17) is 5.11 Å². The van der Waals surface area contributed by atoms with E-state index in [0.29, 0.717) is 12.0 Å². The topological polar surface area (TPSA) is 80.4 Å². The molecule has 1 N–H and O–H groups in total. The lowest BCUT2D eigenvalue weighted by Crippen LogP contribution is -2.04. The summed E-state index contributed by atoms with van der Waals surface area (Å²) in [7, 11) is 0. The largest absolute Gasteiger partial charge is 0.478 e. The number of rotatable bonds is 4. The standard InChI is InChI=1S/C14H10BrNO4/c15-11-4-1-9(2-5-11)7-10-3-6-12(16(19)20)8-13(10)14(17)18/h1-6,8H,7H2,(H,17,18). The zero-order valence-corrected chi connectivity index (χ0v) is 11.8. The van der Waals surface area contributed by atoms with Crippen LogP contribution in [-0.2, 0) is 6.42 Å². The van der Waals surface area contributed by atoms with Gasteiger partial charge in [0.25, 0.3) is 5.69 Å². The molecule has 2 aromatic rings. The summed E-state index contributed by atoms with van der Waals surface area (Å²) in [5.74, 6) is -1.17. The SMILES string of the molecule is O=C(O)c1cc([N+](=O)[O-])ccc1Cc1ccc(Br)cc1. The summed E-state index contributed by atoms with van der Waals surface area (Å²) in [6.45, 7) is 0. The third kappa shape index (κ3) is 3.21. The molecule has 0 saturated heterocycles. The number of halogens is 1. The maximum atomic E-state index is 11.2. The molecule has 0 amide bonds. The van der Waals surface area contributed by atoms with Gasteiger partial charge in [0.2, 0.25) is 0 Å². The Bertz CT molecular complexity index is 667. The van der Waals surface area contributed by atoms with Crippen LogP contribution in [-0.4, -0.2) is 16.0 Å². The summed E-state index contributed by atoms with van der Waals surface area (Å²) in [6, 6.07) is 11.4. The Morgan fingerprint density at radius 1 is 1.20 bits per heavy atom. The zero-order valence-electron chi connectivity index (χ0n) is 10.2. The van der Waals surface area contributed by atoms with Crippen molar-refractivity contribution in [1.29, 1.82) is 0 Å². The molecular weight excluding hydrogens is 326 g/mol. The number of non-ortho nitro benzene ring substituents is 1. The predicted octanol–water partition coefficient (Wildman–Crippen LogP) is 3.65. The first-order valence-electron chi connectivity index (χ1n) is 5.72. The van der Waals surface area contributed by atoms with Gasteiger partial charge >= 0.3 is 5.97 Å². The van der Waals surface area contributed by atoms with E-state index >= 15 is 0 Å². The molecule has 0 aliphatic carbocycles. The molecule has 2 aromatic carbocycles. The number of nitro groups is 1. The highest BCUT2D eigenvalue weighted by Gasteiger charge is 2.16. The van der Waals surface area contributed by atoms with Crippen molar-refractivity contribution >= 4 is 27.6 Å². The van der Waals surface area contributed by atoms with Crippen LogP contribution in [0.25, 0.3) is 0 Å². The van der Waals surface area contributed by atoms with Crippen LogP contribution >= 0.6 is 15.9 Å². The molecule has 0 aromatic heterocycles. The van der Waals surface area contributed by atoms with Crippen LogP contribution in [0.1, 0.15) is 21.5 Å². The van der Waals surface area contributed by atoms with Gasteiger partial charge in [-0.3, -0.25) is 10.1 Å². The monoisotopic (exact) mass is 335 g/mol. The number of nitro benzene ring substituents is 1. The molecule has 0 radical (unpaired) electrons. The fourth-order valence-electron chi connectivity index (χ4n) is 1.85. The first-order chi connectivity index (χ1) is 9.47. The van der Waals surface area contributed by atoms with Crippen molar-refractivity contribution in [2.45, 2.75) is 6.42 Å². The van der Waals surface area contributed by atoms with E-state index in [0.717, 1.165) is 16.1 Å². The highest BCUT2D eigenvalue weighted by Crippen LogP contribution is 2.21. The third-order valence-corrected chi connectivity index (χ3v) is 3.37. The minimum Gasteiger partial charge on any atom is -0.478 e. The van der Waals surface area contributed by atoms with Crippen molar-refractivity contribution in [3.8, 4) is 0 Å². The molecule has 102 valence electrons. The van der Waals surface area contributed by atoms with Crippen LogP contribution in [0.5, 0.6) is 0 Å². The quantitative estimate of drug-likeness (QED) is 0.683. The smallest absolute Gasteiger partial charge is 0.336 e. The number of nitrogens with zero attached hydrogens (tertiary/aromatic N) is 1. The Hall–Kier alpha value is -2.21. The van der Waals surface area contributed by atoms with Crippen molar-refractivity contribution < 1.29 is 14.8 Å². The van der Waals surface area contributed by atoms with Gasteiger partial charge in [-0.15, -0.1) is 0 Å². The molecule has 20 heavy (non-hydrogen) atoms. The van der Waals surface area contributed by atoms with Crippen molar-refractivity contribution in [2.75, 3.05) is 0 Å². The maximum Gasteiger partial charge on any atom is 0.336 e. The number of carboxylic acids is 1. The molecule has 0 saturated carbocycles. The lowest BCUT2D eigenvalue weighted by molar-refractivity contribution is -0.384. The molecule has 0 fully saturated rings. The first kappa shape index (κ1) is 14.2. The van der Waals surface area contributed by atoms with Gasteiger partial charge in [0, 0.05) is 16.6 Å². The van der Waals surface area contributed by atoms with Crippen LogP contribution in [0, 0.1) is 10.1 Å². The van der Waals surface area contributed by atoms with Crippen molar-refractivity contribution in [1.82, 2.24) is 0 Å². The predicted molar refractivity (Wildman–Crippen MR) is 77.0 cm³/mol. The molecule has 0 atom stereocenters. The van der Waals surface area contributed by atoms with Crippen LogP contribution in [0.4, 0.5) is 5.69 Å². The minimum atomic E-state index is -1.17. The lowest BCUT2D eigenvalue weighted by atomic mass is 9.99. The molecule has 0 aliphatic rings. The van der Waals surface area contributed by atoms with Gasteiger partial charge < -0.3 is 5.11 Å². The van der Waals surface area contributed by atoms with E-state index in [1.54, 1.807) is 0 Å². The van der Waals surface area contributed by atoms with Gasteiger partial charge in [-0.2, -0.15) is 0 Å². The van der Waals surface area contributed by atoms with Gasteiger partial charge in [0.15, 0.2) is 0 Å². The van der Waals surface area contributed by atoms with E-state index in [2.05, 4.69) is 15.9 Å². The Morgan fingerprint density at radius 3 is 2.40 bits per heavy atom. The van der Waals surface area contributed by atoms with Gasteiger partial charge in [0.05, 0.1) is 10.5 Å². The van der Waals surface area contributed by atoms with Gasteiger partial charge in [-0.25, -0.2) is 4.79 Å². The summed E-state index contributed by atoms with van der Waals surface area (Å²) < 4.78 is 0.934. The number of hydrogen-bond acceptors (Lipinski definition) is 3. The second-order valence-electron chi connectivity index (χ2n) is 4.21. The maximum absolute atomic E-state index is 11.2. The second-order valence-corrected chi connectivity index (χ2v) is 5.12. The fraction of sp³-hybridized carbons (Fsp3) is 0.0714. The summed E-state index contributed by atoms with van der Waals surface area (Å²) in [5, 5.41) is 19.9. The third-order valence-electron chi connectivity index (χ3n) is 2.84. The Kier molecular flexibility index (Phi) is 4.14. The van der Waals surface area contributed by atoms with Gasteiger partial charge in [-0.1, -0.05) is 34.1 Å². The zero-order chi connectivity index (χ0) is 14.7.